The summed E-state index contributed by atoms with van der Waals surface area (Å²) in [5.74, 6) is 0.419. The van der Waals surface area contributed by atoms with Crippen LogP contribution >= 0.6 is 0 Å². The third kappa shape index (κ3) is 1.40. The SMILES string of the molecule is Cc1[nH]nc2ccc(-c3[nH]nc4ncnc(N)c34)cc12. The molecule has 0 fully saturated rings. The fraction of sp³-hybridized carbons (Fsp3) is 0.0769. The lowest BCUT2D eigenvalue weighted by Crippen LogP contribution is -1.92. The molecule has 0 saturated carbocycles. The normalized spacial score (nSPS) is 11.4. The van der Waals surface area contributed by atoms with Crippen LogP contribution in [0.3, 0.4) is 0 Å². The largest absolute Gasteiger partial charge is 0.383 e. The minimum absolute atomic E-state index is 0.419. The van der Waals surface area contributed by atoms with Crippen molar-refractivity contribution in [3.8, 4) is 11.3 Å². The minimum atomic E-state index is 0.419. The molecule has 4 rings (SSSR count). The predicted molar refractivity (Wildman–Crippen MR) is 75.9 cm³/mol. The van der Waals surface area contributed by atoms with Crippen LogP contribution in [0.5, 0.6) is 0 Å². The summed E-state index contributed by atoms with van der Waals surface area (Å²) in [5.41, 5.74) is 10.2. The van der Waals surface area contributed by atoms with Crippen molar-refractivity contribution in [2.45, 2.75) is 6.92 Å². The maximum atomic E-state index is 5.93. The fourth-order valence-corrected chi connectivity index (χ4v) is 2.38. The van der Waals surface area contributed by atoms with Crippen LogP contribution in [0.2, 0.25) is 0 Å². The summed E-state index contributed by atoms with van der Waals surface area (Å²) in [7, 11) is 0. The molecular weight excluding hydrogens is 254 g/mol. The van der Waals surface area contributed by atoms with Gasteiger partial charge in [0.1, 0.15) is 12.1 Å². The van der Waals surface area contributed by atoms with E-state index in [1.807, 2.05) is 25.1 Å². The average Bonchev–Trinajstić information content (AvgIpc) is 3.04. The van der Waals surface area contributed by atoms with Crippen molar-refractivity contribution >= 4 is 27.8 Å². The highest BCUT2D eigenvalue weighted by Gasteiger charge is 2.13. The zero-order valence-electron chi connectivity index (χ0n) is 10.7. The van der Waals surface area contributed by atoms with Crippen molar-refractivity contribution in [3.05, 3.63) is 30.2 Å². The number of hydrogen-bond acceptors (Lipinski definition) is 5. The third-order valence-electron chi connectivity index (χ3n) is 3.41. The second-order valence-electron chi connectivity index (χ2n) is 4.64. The van der Waals surface area contributed by atoms with Gasteiger partial charge >= 0.3 is 0 Å². The average molecular weight is 265 g/mol. The molecule has 0 amide bonds. The van der Waals surface area contributed by atoms with Crippen molar-refractivity contribution in [1.29, 1.82) is 0 Å². The van der Waals surface area contributed by atoms with Gasteiger partial charge in [-0.05, 0) is 19.1 Å². The number of fused-ring (bicyclic) bond motifs is 2. The Morgan fingerprint density at radius 3 is 2.90 bits per heavy atom. The standard InChI is InChI=1S/C13H11N7/c1-6-8-4-7(2-3-9(8)18-17-6)11-10-12(14)15-5-16-13(10)20-19-11/h2-5H,1H3,(H,17,18)(H3,14,15,16,19,20). The molecule has 0 aliphatic carbocycles. The monoisotopic (exact) mass is 265 g/mol. The van der Waals surface area contributed by atoms with Gasteiger partial charge in [-0.2, -0.15) is 10.2 Å². The highest BCUT2D eigenvalue weighted by molar-refractivity contribution is 5.99. The summed E-state index contributed by atoms with van der Waals surface area (Å²) in [6.45, 7) is 1.99. The summed E-state index contributed by atoms with van der Waals surface area (Å²) in [6.07, 6.45) is 1.41. The molecule has 3 aromatic heterocycles. The maximum absolute atomic E-state index is 5.93. The number of H-pyrrole nitrogens is 2. The number of benzene rings is 1. The van der Waals surface area contributed by atoms with Gasteiger partial charge < -0.3 is 5.73 Å². The lowest BCUT2D eigenvalue weighted by Gasteiger charge is -2.01. The number of nitrogens with two attached hydrogens (primary N) is 1. The molecule has 7 heteroatoms. The molecule has 0 aliphatic heterocycles. The van der Waals surface area contributed by atoms with Crippen LogP contribution in [0.4, 0.5) is 5.82 Å². The lowest BCUT2D eigenvalue weighted by atomic mass is 10.1. The Bertz CT molecular complexity index is 934. The molecule has 7 nitrogen and oxygen atoms in total. The number of rotatable bonds is 1. The van der Waals surface area contributed by atoms with Crippen LogP contribution in [0.15, 0.2) is 24.5 Å². The number of hydrogen-bond donors (Lipinski definition) is 3. The van der Waals surface area contributed by atoms with Crippen LogP contribution in [0.1, 0.15) is 5.69 Å². The molecule has 0 saturated heterocycles. The highest BCUT2D eigenvalue weighted by atomic mass is 15.2. The van der Waals surface area contributed by atoms with Gasteiger partial charge in [-0.3, -0.25) is 10.2 Å². The summed E-state index contributed by atoms with van der Waals surface area (Å²) >= 11 is 0. The summed E-state index contributed by atoms with van der Waals surface area (Å²) in [6, 6.07) is 5.98. The van der Waals surface area contributed by atoms with E-state index in [1.165, 1.54) is 6.33 Å². The van der Waals surface area contributed by atoms with E-state index in [9.17, 15) is 0 Å². The molecule has 4 N–H and O–H groups in total. The Hall–Kier alpha value is -2.96. The van der Waals surface area contributed by atoms with Crippen LogP contribution < -0.4 is 5.73 Å². The van der Waals surface area contributed by atoms with Crippen molar-refractivity contribution in [2.75, 3.05) is 5.73 Å². The molecule has 1 aromatic carbocycles. The van der Waals surface area contributed by atoms with Gasteiger partial charge in [0.15, 0.2) is 5.65 Å². The van der Waals surface area contributed by atoms with Crippen LogP contribution in [0, 0.1) is 6.92 Å². The van der Waals surface area contributed by atoms with E-state index in [0.29, 0.717) is 11.5 Å². The fourth-order valence-electron chi connectivity index (χ4n) is 2.38. The first-order valence-corrected chi connectivity index (χ1v) is 6.13. The van der Waals surface area contributed by atoms with Crippen LogP contribution in [-0.4, -0.2) is 30.4 Å². The van der Waals surface area contributed by atoms with Gasteiger partial charge in [-0.25, -0.2) is 9.97 Å². The second-order valence-corrected chi connectivity index (χ2v) is 4.64. The van der Waals surface area contributed by atoms with E-state index in [2.05, 4.69) is 30.4 Å². The van der Waals surface area contributed by atoms with Crippen LogP contribution in [-0.2, 0) is 0 Å². The zero-order valence-corrected chi connectivity index (χ0v) is 10.7. The first-order valence-electron chi connectivity index (χ1n) is 6.13. The van der Waals surface area contributed by atoms with Gasteiger partial charge in [-0.15, -0.1) is 0 Å². The number of nitrogens with one attached hydrogen (secondary N) is 2. The number of nitrogens with zero attached hydrogens (tertiary/aromatic N) is 4. The van der Waals surface area contributed by atoms with Gasteiger partial charge in [0.2, 0.25) is 0 Å². The Kier molecular flexibility index (Phi) is 2.06. The van der Waals surface area contributed by atoms with Gasteiger partial charge in [0, 0.05) is 16.6 Å². The number of nitrogen functional groups attached to an aromatic ring is 1. The van der Waals surface area contributed by atoms with E-state index in [-0.39, 0.29) is 0 Å². The zero-order chi connectivity index (χ0) is 13.7. The highest BCUT2D eigenvalue weighted by Crippen LogP contribution is 2.30. The Labute approximate surface area is 113 Å². The maximum Gasteiger partial charge on any atom is 0.186 e. The molecule has 0 atom stereocenters. The third-order valence-corrected chi connectivity index (χ3v) is 3.41. The van der Waals surface area contributed by atoms with E-state index < -0.39 is 0 Å². The Morgan fingerprint density at radius 2 is 2.00 bits per heavy atom. The number of anilines is 1. The first-order chi connectivity index (χ1) is 9.74. The number of aryl methyl sites for hydroxylation is 1. The molecule has 0 spiro atoms. The lowest BCUT2D eigenvalue weighted by molar-refractivity contribution is 1.07. The van der Waals surface area contributed by atoms with Crippen molar-refractivity contribution in [3.63, 3.8) is 0 Å². The summed E-state index contributed by atoms with van der Waals surface area (Å²) in [4.78, 5) is 8.13. The molecule has 20 heavy (non-hydrogen) atoms. The van der Waals surface area contributed by atoms with E-state index in [1.54, 1.807) is 0 Å². The minimum Gasteiger partial charge on any atom is -0.383 e. The summed E-state index contributed by atoms with van der Waals surface area (Å²) < 4.78 is 0. The molecular formula is C13H11N7. The molecule has 4 aromatic rings. The topological polar surface area (TPSA) is 109 Å². The predicted octanol–water partition coefficient (Wildman–Crippen LogP) is 1.79. The van der Waals surface area contributed by atoms with Gasteiger partial charge in [0.05, 0.1) is 16.6 Å². The van der Waals surface area contributed by atoms with Gasteiger partial charge in [0.25, 0.3) is 0 Å². The quantitative estimate of drug-likeness (QED) is 0.486. The Morgan fingerprint density at radius 1 is 1.10 bits per heavy atom. The smallest absolute Gasteiger partial charge is 0.186 e. The molecule has 3 heterocycles. The molecule has 0 bridgehead atoms. The van der Waals surface area contributed by atoms with Crippen molar-refractivity contribution in [2.24, 2.45) is 0 Å². The van der Waals surface area contributed by atoms with E-state index in [4.69, 9.17) is 5.73 Å². The van der Waals surface area contributed by atoms with E-state index in [0.717, 1.165) is 33.2 Å². The molecule has 0 radical (unpaired) electrons. The van der Waals surface area contributed by atoms with Crippen molar-refractivity contribution < 1.29 is 0 Å². The summed E-state index contributed by atoms with van der Waals surface area (Å²) in [5, 5.41) is 16.2. The Balaban J connectivity index is 2.03. The van der Waals surface area contributed by atoms with E-state index >= 15 is 0 Å². The molecule has 0 aliphatic rings. The molecule has 98 valence electrons. The van der Waals surface area contributed by atoms with Crippen molar-refractivity contribution in [1.82, 2.24) is 30.4 Å². The first kappa shape index (κ1) is 10.9. The number of aromatic nitrogens is 6. The second kappa shape index (κ2) is 3.77. The van der Waals surface area contributed by atoms with Crippen LogP contribution in [0.25, 0.3) is 33.2 Å². The molecule has 0 unspecified atom stereocenters. The number of aromatic amines is 2. The van der Waals surface area contributed by atoms with Gasteiger partial charge in [-0.1, -0.05) is 6.07 Å².